The number of aromatic nitrogens is 2. The van der Waals surface area contributed by atoms with Crippen LogP contribution in [0, 0.1) is 11.8 Å². The summed E-state index contributed by atoms with van der Waals surface area (Å²) in [4.78, 5) is 36.0. The third-order valence-corrected chi connectivity index (χ3v) is 3.88. The molecule has 126 valence electrons. The molecule has 0 bridgehead atoms. The average molecular weight is 327 g/mol. The Balaban J connectivity index is 0.00000100. The van der Waals surface area contributed by atoms with Gasteiger partial charge in [0.2, 0.25) is 11.8 Å². The number of nitrogens with zero attached hydrogens (tertiary/aromatic N) is 2. The van der Waals surface area contributed by atoms with E-state index in [2.05, 4.69) is 17.2 Å². The van der Waals surface area contributed by atoms with Gasteiger partial charge in [0.05, 0.1) is 16.6 Å². The molecule has 3 rings (SSSR count). The molecule has 24 heavy (non-hydrogen) atoms. The van der Waals surface area contributed by atoms with Crippen molar-refractivity contribution in [3.8, 4) is 11.8 Å². The molecule has 1 aliphatic rings. The molecular formula is C18H21N3O3. The van der Waals surface area contributed by atoms with Crippen LogP contribution in [0.2, 0.25) is 0 Å². The van der Waals surface area contributed by atoms with Gasteiger partial charge in [-0.25, -0.2) is 4.79 Å². The zero-order chi connectivity index (χ0) is 17.9. The van der Waals surface area contributed by atoms with Gasteiger partial charge in [-0.2, -0.15) is 0 Å². The molecule has 2 aromatic rings. The summed E-state index contributed by atoms with van der Waals surface area (Å²) >= 11 is 0. The highest BCUT2D eigenvalue weighted by molar-refractivity contribution is 6.00. The fourth-order valence-corrected chi connectivity index (χ4v) is 2.90. The number of imide groups is 1. The summed E-state index contributed by atoms with van der Waals surface area (Å²) in [5.74, 6) is 5.07. The van der Waals surface area contributed by atoms with Crippen molar-refractivity contribution in [3.63, 3.8) is 0 Å². The van der Waals surface area contributed by atoms with Crippen LogP contribution >= 0.6 is 0 Å². The minimum absolute atomic E-state index is 0.230. The second-order valence-corrected chi connectivity index (χ2v) is 5.23. The van der Waals surface area contributed by atoms with E-state index in [1.54, 1.807) is 20.0 Å². The van der Waals surface area contributed by atoms with Crippen molar-refractivity contribution < 1.29 is 9.59 Å². The lowest BCUT2D eigenvalue weighted by Crippen LogP contribution is -2.44. The predicted octanol–water partition coefficient (Wildman–Crippen LogP) is 1.72. The van der Waals surface area contributed by atoms with E-state index in [1.165, 1.54) is 9.13 Å². The van der Waals surface area contributed by atoms with Gasteiger partial charge in [-0.3, -0.25) is 24.0 Å². The van der Waals surface area contributed by atoms with E-state index in [4.69, 9.17) is 0 Å². The number of imidazole rings is 1. The largest absolute Gasteiger partial charge is 0.329 e. The molecule has 1 N–H and O–H groups in total. The summed E-state index contributed by atoms with van der Waals surface area (Å²) in [6, 6.07) is 4.77. The summed E-state index contributed by atoms with van der Waals surface area (Å²) in [6.07, 6.45) is 0.557. The van der Waals surface area contributed by atoms with Crippen molar-refractivity contribution in [3.05, 3.63) is 34.2 Å². The maximum Gasteiger partial charge on any atom is 0.329 e. The van der Waals surface area contributed by atoms with Gasteiger partial charge >= 0.3 is 5.69 Å². The number of hydrogen-bond donors (Lipinski definition) is 1. The maximum absolute atomic E-state index is 12.6. The Labute approximate surface area is 140 Å². The van der Waals surface area contributed by atoms with Gasteiger partial charge in [0.1, 0.15) is 6.04 Å². The van der Waals surface area contributed by atoms with Crippen molar-refractivity contribution in [2.75, 3.05) is 0 Å². The first-order valence-electron chi connectivity index (χ1n) is 8.01. The van der Waals surface area contributed by atoms with E-state index in [0.29, 0.717) is 17.5 Å². The monoisotopic (exact) mass is 327 g/mol. The summed E-state index contributed by atoms with van der Waals surface area (Å²) in [7, 11) is 1.66. The Kier molecular flexibility index (Phi) is 5.24. The lowest BCUT2D eigenvalue weighted by molar-refractivity contribution is -0.135. The Morgan fingerprint density at radius 3 is 2.54 bits per heavy atom. The molecule has 6 nitrogen and oxygen atoms in total. The van der Waals surface area contributed by atoms with Gasteiger partial charge in [-0.15, -0.1) is 5.92 Å². The fraction of sp³-hybridized carbons (Fsp3) is 0.389. The van der Waals surface area contributed by atoms with Crippen molar-refractivity contribution in [1.82, 2.24) is 14.5 Å². The van der Waals surface area contributed by atoms with Crippen molar-refractivity contribution >= 4 is 22.8 Å². The average Bonchev–Trinajstić information content (AvgIpc) is 2.83. The molecule has 0 aliphatic carbocycles. The van der Waals surface area contributed by atoms with Gasteiger partial charge in [-0.1, -0.05) is 25.8 Å². The number of benzene rings is 1. The highest BCUT2D eigenvalue weighted by atomic mass is 16.2. The van der Waals surface area contributed by atoms with E-state index in [-0.39, 0.29) is 18.0 Å². The third-order valence-electron chi connectivity index (χ3n) is 3.88. The highest BCUT2D eigenvalue weighted by Gasteiger charge is 2.31. The number of piperidine rings is 1. The number of aryl methyl sites for hydroxylation is 1. The van der Waals surface area contributed by atoms with Crippen LogP contribution in [0.1, 0.15) is 45.2 Å². The normalized spacial score (nSPS) is 16.8. The molecule has 0 spiro atoms. The van der Waals surface area contributed by atoms with Gasteiger partial charge < -0.3 is 0 Å². The maximum atomic E-state index is 12.6. The van der Waals surface area contributed by atoms with Crippen LogP contribution < -0.4 is 11.0 Å². The van der Waals surface area contributed by atoms with Gasteiger partial charge in [0, 0.05) is 13.5 Å². The van der Waals surface area contributed by atoms with Crippen molar-refractivity contribution in [1.29, 1.82) is 0 Å². The van der Waals surface area contributed by atoms with E-state index < -0.39 is 11.9 Å². The number of amides is 2. The molecule has 1 atom stereocenters. The Morgan fingerprint density at radius 2 is 1.92 bits per heavy atom. The van der Waals surface area contributed by atoms with Crippen LogP contribution in [-0.2, 0) is 16.6 Å². The fourth-order valence-electron chi connectivity index (χ4n) is 2.90. The van der Waals surface area contributed by atoms with Gasteiger partial charge in [0.15, 0.2) is 0 Å². The molecule has 2 amide bonds. The molecule has 1 aromatic heterocycles. The number of carbonyl (C=O) groups is 2. The number of rotatable bonds is 1. The SMILES string of the molecule is CC.CC#Cc1cccc2c1n(C)c(=O)n2C1CCC(=O)NC1=O. The summed E-state index contributed by atoms with van der Waals surface area (Å²) in [5.41, 5.74) is 1.81. The smallest absolute Gasteiger partial charge is 0.295 e. The quantitative estimate of drug-likeness (QED) is 0.640. The Bertz CT molecular complexity index is 909. The van der Waals surface area contributed by atoms with Crippen LogP contribution in [0.15, 0.2) is 23.0 Å². The summed E-state index contributed by atoms with van der Waals surface area (Å²) in [6.45, 7) is 5.73. The summed E-state index contributed by atoms with van der Waals surface area (Å²) < 4.78 is 2.96. The number of carbonyl (C=O) groups excluding carboxylic acids is 2. The number of hydrogen-bond acceptors (Lipinski definition) is 3. The molecule has 0 radical (unpaired) electrons. The van der Waals surface area contributed by atoms with Crippen molar-refractivity contribution in [2.24, 2.45) is 7.05 Å². The van der Waals surface area contributed by atoms with Crippen LogP contribution in [0.5, 0.6) is 0 Å². The Morgan fingerprint density at radius 1 is 1.21 bits per heavy atom. The zero-order valence-electron chi connectivity index (χ0n) is 14.3. The molecule has 2 heterocycles. The number of fused-ring (bicyclic) bond motifs is 1. The summed E-state index contributed by atoms with van der Waals surface area (Å²) in [5, 5.41) is 2.29. The highest BCUT2D eigenvalue weighted by Crippen LogP contribution is 2.24. The van der Waals surface area contributed by atoms with Crippen LogP contribution in [0.3, 0.4) is 0 Å². The lowest BCUT2D eigenvalue weighted by atomic mass is 10.1. The molecule has 1 unspecified atom stereocenters. The minimum Gasteiger partial charge on any atom is -0.295 e. The second-order valence-electron chi connectivity index (χ2n) is 5.23. The third kappa shape index (κ3) is 2.85. The van der Waals surface area contributed by atoms with E-state index in [0.717, 1.165) is 5.56 Å². The first kappa shape index (κ1) is 17.5. The van der Waals surface area contributed by atoms with Crippen molar-refractivity contribution in [2.45, 2.75) is 39.7 Å². The minimum atomic E-state index is -0.668. The van der Waals surface area contributed by atoms with E-state index >= 15 is 0 Å². The van der Waals surface area contributed by atoms with E-state index in [1.807, 2.05) is 26.0 Å². The van der Waals surface area contributed by atoms with E-state index in [9.17, 15) is 14.4 Å². The Hall–Kier alpha value is -2.81. The molecule has 0 saturated carbocycles. The van der Waals surface area contributed by atoms with Gasteiger partial charge in [-0.05, 0) is 25.5 Å². The van der Waals surface area contributed by atoms with Crippen LogP contribution in [0.4, 0.5) is 0 Å². The first-order chi connectivity index (χ1) is 11.5. The number of nitrogens with one attached hydrogen (secondary N) is 1. The molecule has 6 heteroatoms. The molecular weight excluding hydrogens is 306 g/mol. The molecule has 1 fully saturated rings. The standard InChI is InChI=1S/C16H15N3O3.C2H6/c1-3-5-10-6-4-7-11-14(10)18(2)16(22)19(11)12-8-9-13(20)17-15(12)21;1-2/h4,6-7,12H,8-9H2,1-2H3,(H,17,20,21);1-2H3. The predicted molar refractivity (Wildman–Crippen MR) is 92.5 cm³/mol. The van der Waals surface area contributed by atoms with Crippen LogP contribution in [0.25, 0.3) is 11.0 Å². The molecule has 1 aromatic carbocycles. The second kappa shape index (κ2) is 7.18. The molecule has 1 saturated heterocycles. The van der Waals surface area contributed by atoms with Crippen LogP contribution in [-0.4, -0.2) is 20.9 Å². The topological polar surface area (TPSA) is 73.1 Å². The first-order valence-corrected chi connectivity index (χ1v) is 8.01. The lowest BCUT2D eigenvalue weighted by Gasteiger charge is -2.21. The number of para-hydroxylation sites is 1. The molecule has 1 aliphatic heterocycles. The van der Waals surface area contributed by atoms with Gasteiger partial charge in [0.25, 0.3) is 0 Å². The zero-order valence-corrected chi connectivity index (χ0v) is 14.3.